The molecule has 7 heteroatoms. The van der Waals surface area contributed by atoms with E-state index in [-0.39, 0.29) is 11.5 Å². The van der Waals surface area contributed by atoms with E-state index < -0.39 is 6.04 Å². The molecule has 0 fully saturated rings. The van der Waals surface area contributed by atoms with Gasteiger partial charge in [-0.2, -0.15) is 0 Å². The van der Waals surface area contributed by atoms with Gasteiger partial charge in [0.05, 0.1) is 33.2 Å². The van der Waals surface area contributed by atoms with Gasteiger partial charge in [-0.3, -0.25) is 14.2 Å². The van der Waals surface area contributed by atoms with Gasteiger partial charge in [-0.05, 0) is 62.7 Å². The molecule has 0 bridgehead atoms. The number of carbonyl (C=O) groups excluding carboxylic acids is 1. The van der Waals surface area contributed by atoms with E-state index >= 15 is 0 Å². The van der Waals surface area contributed by atoms with Gasteiger partial charge in [0, 0.05) is 11.6 Å². The average Bonchev–Trinajstić information content (AvgIpc) is 2.84. The quantitative estimate of drug-likeness (QED) is 0.270. The highest BCUT2D eigenvalue weighted by Crippen LogP contribution is 2.28. The summed E-state index contributed by atoms with van der Waals surface area (Å²) in [7, 11) is 0. The van der Waals surface area contributed by atoms with Crippen LogP contribution in [0.25, 0.3) is 16.6 Å². The lowest BCUT2D eigenvalue weighted by atomic mass is 10.1. The van der Waals surface area contributed by atoms with Gasteiger partial charge in [0.1, 0.15) is 5.82 Å². The Labute approximate surface area is 214 Å². The van der Waals surface area contributed by atoms with Crippen molar-refractivity contribution >= 4 is 40.0 Å². The van der Waals surface area contributed by atoms with Crippen LogP contribution in [0.15, 0.2) is 71.5 Å². The minimum atomic E-state index is -0.501. The highest BCUT2D eigenvalue weighted by molar-refractivity contribution is 6.36. The van der Waals surface area contributed by atoms with Crippen LogP contribution in [0, 0.1) is 6.92 Å². The Bertz CT molecular complexity index is 1430. The van der Waals surface area contributed by atoms with Crippen LogP contribution in [-0.4, -0.2) is 26.9 Å². The molecule has 0 spiro atoms. The van der Waals surface area contributed by atoms with Crippen molar-refractivity contribution in [2.75, 3.05) is 6.54 Å². The molecule has 0 N–H and O–H groups in total. The third kappa shape index (κ3) is 5.12. The van der Waals surface area contributed by atoms with Crippen LogP contribution in [-0.2, 0) is 0 Å². The first-order chi connectivity index (χ1) is 16.8. The van der Waals surface area contributed by atoms with Crippen molar-refractivity contribution in [3.63, 3.8) is 0 Å². The first-order valence-corrected chi connectivity index (χ1v) is 12.4. The van der Waals surface area contributed by atoms with Crippen LogP contribution < -0.4 is 5.56 Å². The maximum absolute atomic E-state index is 13.7. The van der Waals surface area contributed by atoms with E-state index in [2.05, 4.69) is 6.92 Å². The van der Waals surface area contributed by atoms with Gasteiger partial charge < -0.3 is 4.90 Å². The Morgan fingerprint density at radius 2 is 1.77 bits per heavy atom. The van der Waals surface area contributed by atoms with Gasteiger partial charge in [0.2, 0.25) is 0 Å². The number of fused-ring (bicyclic) bond motifs is 1. The summed E-state index contributed by atoms with van der Waals surface area (Å²) < 4.78 is 1.61. The number of unbranched alkanes of at least 4 members (excludes halogenated alkanes) is 1. The molecule has 4 aromatic rings. The molecule has 0 aliphatic carbocycles. The maximum Gasteiger partial charge on any atom is 0.266 e. The molecule has 0 radical (unpaired) electrons. The van der Waals surface area contributed by atoms with E-state index in [4.69, 9.17) is 28.2 Å². The Hall–Kier alpha value is -3.15. The molecule has 4 rings (SSSR count). The monoisotopic (exact) mass is 507 g/mol. The smallest absolute Gasteiger partial charge is 0.266 e. The Morgan fingerprint density at radius 1 is 1.06 bits per heavy atom. The molecular formula is C28H27Cl2N3O2. The summed E-state index contributed by atoms with van der Waals surface area (Å²) in [6, 6.07) is 19.3. The highest BCUT2D eigenvalue weighted by atomic mass is 35.5. The largest absolute Gasteiger partial charge is 0.329 e. The van der Waals surface area contributed by atoms with Crippen molar-refractivity contribution in [1.29, 1.82) is 0 Å². The third-order valence-electron chi connectivity index (χ3n) is 6.11. The molecule has 180 valence electrons. The second-order valence-electron chi connectivity index (χ2n) is 8.62. The minimum Gasteiger partial charge on any atom is -0.329 e. The molecule has 35 heavy (non-hydrogen) atoms. The number of amides is 1. The lowest BCUT2D eigenvalue weighted by molar-refractivity contribution is 0.0678. The summed E-state index contributed by atoms with van der Waals surface area (Å²) in [6.45, 7) is 6.46. The van der Waals surface area contributed by atoms with Gasteiger partial charge in [-0.1, -0.05) is 66.4 Å². The first kappa shape index (κ1) is 25.0. The summed E-state index contributed by atoms with van der Waals surface area (Å²) >= 11 is 12.5. The van der Waals surface area contributed by atoms with Gasteiger partial charge in [-0.15, -0.1) is 0 Å². The minimum absolute atomic E-state index is 0.172. The van der Waals surface area contributed by atoms with Crippen molar-refractivity contribution in [2.45, 2.75) is 39.7 Å². The SMILES string of the molecule is CCCCN(C(=O)c1ccc(Cl)cc1Cl)C(C)c1nc2ccccc2c(=O)n1-c1ccc(C)cc1. The predicted octanol–water partition coefficient (Wildman–Crippen LogP) is 7.00. The number of nitrogens with zero attached hydrogens (tertiary/aromatic N) is 3. The van der Waals surface area contributed by atoms with E-state index in [0.717, 1.165) is 18.4 Å². The van der Waals surface area contributed by atoms with Crippen molar-refractivity contribution in [2.24, 2.45) is 0 Å². The molecule has 0 aliphatic rings. The molecule has 1 amide bonds. The van der Waals surface area contributed by atoms with E-state index in [9.17, 15) is 9.59 Å². The van der Waals surface area contributed by atoms with Crippen molar-refractivity contribution in [3.05, 3.63) is 104 Å². The van der Waals surface area contributed by atoms with E-state index in [0.29, 0.717) is 44.6 Å². The van der Waals surface area contributed by atoms with Crippen LogP contribution in [0.4, 0.5) is 0 Å². The lowest BCUT2D eigenvalue weighted by Gasteiger charge is -2.31. The Kier molecular flexibility index (Phi) is 7.58. The van der Waals surface area contributed by atoms with E-state index in [1.54, 1.807) is 33.7 Å². The molecule has 1 unspecified atom stereocenters. The van der Waals surface area contributed by atoms with Gasteiger partial charge in [-0.25, -0.2) is 4.98 Å². The van der Waals surface area contributed by atoms with Crippen LogP contribution in [0.2, 0.25) is 10.0 Å². The second kappa shape index (κ2) is 10.6. The number of benzene rings is 3. The number of carbonyl (C=O) groups is 1. The zero-order valence-corrected chi connectivity index (χ0v) is 21.5. The summed E-state index contributed by atoms with van der Waals surface area (Å²) in [5, 5.41) is 1.28. The molecular weight excluding hydrogens is 481 g/mol. The predicted molar refractivity (Wildman–Crippen MR) is 143 cm³/mol. The normalized spacial score (nSPS) is 12.0. The molecule has 1 atom stereocenters. The number of halogens is 2. The topological polar surface area (TPSA) is 55.2 Å². The van der Waals surface area contributed by atoms with Crippen LogP contribution in [0.3, 0.4) is 0 Å². The Morgan fingerprint density at radius 3 is 2.46 bits per heavy atom. The van der Waals surface area contributed by atoms with Crippen molar-refractivity contribution < 1.29 is 4.79 Å². The fourth-order valence-electron chi connectivity index (χ4n) is 4.13. The zero-order valence-electron chi connectivity index (χ0n) is 20.0. The van der Waals surface area contributed by atoms with Gasteiger partial charge >= 0.3 is 0 Å². The van der Waals surface area contributed by atoms with Crippen molar-refractivity contribution in [3.8, 4) is 5.69 Å². The van der Waals surface area contributed by atoms with Crippen molar-refractivity contribution in [1.82, 2.24) is 14.5 Å². The lowest BCUT2D eigenvalue weighted by Crippen LogP contribution is -2.38. The molecule has 0 saturated heterocycles. The average molecular weight is 508 g/mol. The second-order valence-corrected chi connectivity index (χ2v) is 9.46. The standard InChI is InChI=1S/C28H27Cl2N3O2/c1-4-5-16-32(27(34)22-15-12-20(29)17-24(22)30)19(3)26-31-25-9-7-6-8-23(25)28(35)33(26)21-13-10-18(2)11-14-21/h6-15,17,19H,4-5,16H2,1-3H3. The number of hydrogen-bond donors (Lipinski definition) is 0. The molecule has 3 aromatic carbocycles. The van der Waals surface area contributed by atoms with Crippen LogP contribution in [0.1, 0.15) is 54.5 Å². The number of hydrogen-bond acceptors (Lipinski definition) is 3. The summed E-state index contributed by atoms with van der Waals surface area (Å²) in [5.74, 6) is 0.262. The van der Waals surface area contributed by atoms with E-state index in [1.165, 1.54) is 0 Å². The molecule has 1 aromatic heterocycles. The first-order valence-electron chi connectivity index (χ1n) is 11.7. The molecule has 0 aliphatic heterocycles. The maximum atomic E-state index is 13.7. The van der Waals surface area contributed by atoms with Gasteiger partial charge in [0.15, 0.2) is 0 Å². The number of aryl methyl sites for hydroxylation is 1. The fraction of sp³-hybridized carbons (Fsp3) is 0.250. The van der Waals surface area contributed by atoms with Gasteiger partial charge in [0.25, 0.3) is 11.5 Å². The summed E-state index contributed by atoms with van der Waals surface area (Å²) in [4.78, 5) is 34.0. The number of para-hydroxylation sites is 1. The van der Waals surface area contributed by atoms with Crippen LogP contribution in [0.5, 0.6) is 0 Å². The number of rotatable bonds is 7. The van der Waals surface area contributed by atoms with E-state index in [1.807, 2.05) is 56.3 Å². The summed E-state index contributed by atoms with van der Waals surface area (Å²) in [5.41, 5.74) is 2.57. The Balaban J connectivity index is 1.90. The van der Waals surface area contributed by atoms with Crippen LogP contribution >= 0.6 is 23.2 Å². The fourth-order valence-corrected chi connectivity index (χ4v) is 4.62. The summed E-state index contributed by atoms with van der Waals surface area (Å²) in [6.07, 6.45) is 1.70. The number of aromatic nitrogens is 2. The third-order valence-corrected chi connectivity index (χ3v) is 6.66. The molecule has 5 nitrogen and oxygen atoms in total. The molecule has 1 heterocycles. The molecule has 0 saturated carbocycles. The highest BCUT2D eigenvalue weighted by Gasteiger charge is 2.28. The zero-order chi connectivity index (χ0) is 25.1.